The fourth-order valence-corrected chi connectivity index (χ4v) is 3.53. The number of carbonyl (C=O) groups is 2. The lowest BCUT2D eigenvalue weighted by Gasteiger charge is -2.09. The number of aryl methyl sites for hydroxylation is 2. The number of rotatable bonds is 8. The van der Waals surface area contributed by atoms with Gasteiger partial charge in [-0.05, 0) is 49.4 Å². The van der Waals surface area contributed by atoms with Crippen molar-refractivity contribution in [3.8, 4) is 0 Å². The van der Waals surface area contributed by atoms with Crippen molar-refractivity contribution in [2.24, 2.45) is 0 Å². The number of hydrogen-bond acceptors (Lipinski definition) is 6. The molecule has 150 valence electrons. The van der Waals surface area contributed by atoms with Crippen LogP contribution in [0, 0.1) is 6.92 Å². The van der Waals surface area contributed by atoms with Crippen molar-refractivity contribution in [2.75, 3.05) is 10.0 Å². The summed E-state index contributed by atoms with van der Waals surface area (Å²) in [5, 5.41) is 2.70. The van der Waals surface area contributed by atoms with E-state index in [-0.39, 0.29) is 23.2 Å². The predicted octanol–water partition coefficient (Wildman–Crippen LogP) is 2.23. The van der Waals surface area contributed by atoms with Gasteiger partial charge in [0.1, 0.15) is 0 Å². The Bertz CT molecular complexity index is 1120. The van der Waals surface area contributed by atoms with Crippen molar-refractivity contribution in [3.05, 3.63) is 66.2 Å². The Labute approximate surface area is 167 Å². The Morgan fingerprint density at radius 1 is 1.17 bits per heavy atom. The number of nitrogens with one attached hydrogen (secondary N) is 2. The first-order valence-corrected chi connectivity index (χ1v) is 10.2. The number of sulfonamides is 1. The lowest BCUT2D eigenvalue weighted by molar-refractivity contribution is -0.116. The summed E-state index contributed by atoms with van der Waals surface area (Å²) in [6.45, 7) is 2.09. The second-order valence-corrected chi connectivity index (χ2v) is 7.88. The molecule has 0 atom stereocenters. The van der Waals surface area contributed by atoms with Crippen LogP contribution >= 0.6 is 0 Å². The Hall–Kier alpha value is -3.53. The molecule has 2 N–H and O–H groups in total. The SMILES string of the molecule is Cc1ccnc(NS(=O)(=O)c2ccc(NC(=O)CCn3cccc3C=O)cc2)n1. The van der Waals surface area contributed by atoms with Crippen molar-refractivity contribution in [1.29, 1.82) is 0 Å². The lowest BCUT2D eigenvalue weighted by Crippen LogP contribution is -2.16. The number of carbonyl (C=O) groups excluding carboxylic acids is 2. The zero-order valence-electron chi connectivity index (χ0n) is 15.6. The molecular formula is C19H19N5O4S. The number of amides is 1. The smallest absolute Gasteiger partial charge is 0.264 e. The van der Waals surface area contributed by atoms with Crippen LogP contribution in [0.15, 0.2) is 59.8 Å². The molecule has 29 heavy (non-hydrogen) atoms. The minimum absolute atomic E-state index is 0.0120. The lowest BCUT2D eigenvalue weighted by atomic mass is 10.3. The van der Waals surface area contributed by atoms with Gasteiger partial charge in [0.2, 0.25) is 11.9 Å². The van der Waals surface area contributed by atoms with E-state index in [1.807, 2.05) is 0 Å². The van der Waals surface area contributed by atoms with E-state index in [0.717, 1.165) is 6.29 Å². The van der Waals surface area contributed by atoms with Crippen LogP contribution in [0.4, 0.5) is 11.6 Å². The van der Waals surface area contributed by atoms with Crippen molar-refractivity contribution >= 4 is 33.9 Å². The topological polar surface area (TPSA) is 123 Å². The number of benzene rings is 1. The van der Waals surface area contributed by atoms with Crippen LogP contribution in [0.3, 0.4) is 0 Å². The first-order valence-electron chi connectivity index (χ1n) is 8.70. The highest BCUT2D eigenvalue weighted by atomic mass is 32.2. The second-order valence-electron chi connectivity index (χ2n) is 6.19. The molecule has 10 heteroatoms. The summed E-state index contributed by atoms with van der Waals surface area (Å²) in [4.78, 5) is 30.9. The fraction of sp³-hybridized carbons (Fsp3) is 0.158. The number of anilines is 2. The van der Waals surface area contributed by atoms with E-state index in [9.17, 15) is 18.0 Å². The molecule has 3 rings (SSSR count). The van der Waals surface area contributed by atoms with Crippen LogP contribution in [-0.2, 0) is 21.4 Å². The monoisotopic (exact) mass is 413 g/mol. The van der Waals surface area contributed by atoms with Gasteiger partial charge < -0.3 is 9.88 Å². The molecule has 0 radical (unpaired) electrons. The average molecular weight is 413 g/mol. The Morgan fingerprint density at radius 2 is 1.93 bits per heavy atom. The zero-order valence-corrected chi connectivity index (χ0v) is 16.4. The first-order chi connectivity index (χ1) is 13.9. The maximum Gasteiger partial charge on any atom is 0.264 e. The average Bonchev–Trinajstić information content (AvgIpc) is 3.14. The van der Waals surface area contributed by atoms with Gasteiger partial charge in [-0.15, -0.1) is 0 Å². The summed E-state index contributed by atoms with van der Waals surface area (Å²) >= 11 is 0. The molecular weight excluding hydrogens is 394 g/mol. The van der Waals surface area contributed by atoms with Gasteiger partial charge in [0, 0.05) is 36.7 Å². The predicted molar refractivity (Wildman–Crippen MR) is 107 cm³/mol. The third-order valence-electron chi connectivity index (χ3n) is 4.03. The molecule has 2 aromatic heterocycles. The minimum Gasteiger partial charge on any atom is -0.345 e. The summed E-state index contributed by atoms with van der Waals surface area (Å²) < 4.78 is 28.9. The number of aldehydes is 1. The normalized spacial score (nSPS) is 11.1. The number of aromatic nitrogens is 3. The van der Waals surface area contributed by atoms with E-state index in [0.29, 0.717) is 23.6 Å². The second kappa shape index (κ2) is 8.65. The van der Waals surface area contributed by atoms with E-state index in [2.05, 4.69) is 20.0 Å². The van der Waals surface area contributed by atoms with Crippen molar-refractivity contribution in [3.63, 3.8) is 0 Å². The van der Waals surface area contributed by atoms with Gasteiger partial charge in [0.05, 0.1) is 10.6 Å². The van der Waals surface area contributed by atoms with E-state index in [4.69, 9.17) is 0 Å². The maximum atomic E-state index is 12.4. The van der Waals surface area contributed by atoms with Gasteiger partial charge >= 0.3 is 0 Å². The van der Waals surface area contributed by atoms with E-state index in [1.165, 1.54) is 30.5 Å². The fourth-order valence-electron chi connectivity index (χ4n) is 2.58. The van der Waals surface area contributed by atoms with E-state index < -0.39 is 10.0 Å². The van der Waals surface area contributed by atoms with Gasteiger partial charge in [-0.25, -0.2) is 23.1 Å². The molecule has 0 aliphatic heterocycles. The van der Waals surface area contributed by atoms with Gasteiger partial charge in [-0.3, -0.25) is 9.59 Å². The van der Waals surface area contributed by atoms with Crippen LogP contribution in [-0.4, -0.2) is 35.1 Å². The third-order valence-corrected chi connectivity index (χ3v) is 5.38. The van der Waals surface area contributed by atoms with Gasteiger partial charge in [-0.1, -0.05) is 0 Å². The van der Waals surface area contributed by atoms with Crippen LogP contribution in [0.1, 0.15) is 22.6 Å². The Morgan fingerprint density at radius 3 is 2.62 bits per heavy atom. The molecule has 0 unspecified atom stereocenters. The Balaban J connectivity index is 1.60. The molecule has 2 heterocycles. The minimum atomic E-state index is -3.85. The molecule has 0 bridgehead atoms. The van der Waals surface area contributed by atoms with Crippen LogP contribution in [0.25, 0.3) is 0 Å². The molecule has 0 aliphatic rings. The molecule has 1 aromatic carbocycles. The first kappa shape index (κ1) is 20.2. The molecule has 0 saturated carbocycles. The third kappa shape index (κ3) is 5.26. The molecule has 3 aromatic rings. The standard InChI is InChI=1S/C19H19N5O4S/c1-14-8-10-20-19(21-14)23-29(27,28)17-6-4-15(5-7-17)22-18(26)9-12-24-11-2-3-16(24)13-25/h2-8,10-11,13H,9,12H2,1H3,(H,22,26)(H,20,21,23). The summed E-state index contributed by atoms with van der Waals surface area (Å²) in [6, 6.07) is 10.8. The molecule has 0 fully saturated rings. The summed E-state index contributed by atoms with van der Waals surface area (Å²) in [5.74, 6) is -0.264. The van der Waals surface area contributed by atoms with Gasteiger partial charge in [0.25, 0.3) is 10.0 Å². The largest absolute Gasteiger partial charge is 0.345 e. The molecule has 0 saturated heterocycles. The quantitative estimate of drug-likeness (QED) is 0.546. The van der Waals surface area contributed by atoms with E-state index >= 15 is 0 Å². The number of nitrogens with zero attached hydrogens (tertiary/aromatic N) is 3. The molecule has 0 aliphatic carbocycles. The zero-order chi connectivity index (χ0) is 20.9. The molecule has 0 spiro atoms. The highest BCUT2D eigenvalue weighted by Gasteiger charge is 2.16. The number of hydrogen-bond donors (Lipinski definition) is 2. The van der Waals surface area contributed by atoms with Crippen LogP contribution < -0.4 is 10.0 Å². The van der Waals surface area contributed by atoms with E-state index in [1.54, 1.807) is 35.9 Å². The molecule has 1 amide bonds. The van der Waals surface area contributed by atoms with Gasteiger partial charge in [-0.2, -0.15) is 0 Å². The van der Waals surface area contributed by atoms with Crippen LogP contribution in [0.5, 0.6) is 0 Å². The van der Waals surface area contributed by atoms with Crippen molar-refractivity contribution in [2.45, 2.75) is 24.8 Å². The summed E-state index contributed by atoms with van der Waals surface area (Å²) in [7, 11) is -3.85. The highest BCUT2D eigenvalue weighted by molar-refractivity contribution is 7.92. The van der Waals surface area contributed by atoms with Crippen LogP contribution in [0.2, 0.25) is 0 Å². The molecule has 9 nitrogen and oxygen atoms in total. The Kier molecular flexibility index (Phi) is 6.03. The van der Waals surface area contributed by atoms with Crippen molar-refractivity contribution in [1.82, 2.24) is 14.5 Å². The maximum absolute atomic E-state index is 12.4. The highest BCUT2D eigenvalue weighted by Crippen LogP contribution is 2.17. The summed E-state index contributed by atoms with van der Waals surface area (Å²) in [6.07, 6.45) is 4.08. The summed E-state index contributed by atoms with van der Waals surface area (Å²) in [5.41, 5.74) is 1.59. The van der Waals surface area contributed by atoms with Gasteiger partial charge in [0.15, 0.2) is 6.29 Å². The van der Waals surface area contributed by atoms with Crippen molar-refractivity contribution < 1.29 is 18.0 Å².